The fourth-order valence-electron chi connectivity index (χ4n) is 3.02. The Morgan fingerprint density at radius 1 is 1.06 bits per heavy atom. The third-order valence-corrected chi connectivity index (χ3v) is 5.02. The van der Waals surface area contributed by atoms with Gasteiger partial charge in [0.1, 0.15) is 11.6 Å². The lowest BCUT2D eigenvalue weighted by molar-refractivity contribution is 0.0951. The fraction of sp³-hybridized carbons (Fsp3) is 0.0909. The SMILES string of the molecule is O=C(NCc1ccc(OS(=O)(=O)F)cc1)c1cccc(NCc2nc(-c3ccncc3)n[nH]2)c1.[HH].[HH].[HH]. The minimum absolute atomic E-state index is 0. The zero-order chi connectivity index (χ0) is 24.0. The molecule has 0 radical (unpaired) electrons. The molecule has 12 heteroatoms. The lowest BCUT2D eigenvalue weighted by Gasteiger charge is -2.09. The number of rotatable bonds is 9. The van der Waals surface area contributed by atoms with E-state index < -0.39 is 10.5 Å². The highest BCUT2D eigenvalue weighted by Crippen LogP contribution is 2.16. The molecule has 0 fully saturated rings. The van der Waals surface area contributed by atoms with Gasteiger partial charge in [0.25, 0.3) is 5.91 Å². The van der Waals surface area contributed by atoms with Crippen LogP contribution in [-0.4, -0.2) is 34.5 Å². The van der Waals surface area contributed by atoms with Crippen LogP contribution in [-0.2, 0) is 23.6 Å². The van der Waals surface area contributed by atoms with Gasteiger partial charge in [0.05, 0.1) is 6.54 Å². The van der Waals surface area contributed by atoms with Crippen LogP contribution < -0.4 is 14.8 Å². The van der Waals surface area contributed by atoms with E-state index in [-0.39, 0.29) is 22.5 Å². The molecule has 0 aliphatic carbocycles. The van der Waals surface area contributed by atoms with Gasteiger partial charge < -0.3 is 14.8 Å². The van der Waals surface area contributed by atoms with Crippen LogP contribution >= 0.6 is 0 Å². The molecule has 2 aromatic carbocycles. The van der Waals surface area contributed by atoms with Crippen molar-refractivity contribution in [3.63, 3.8) is 0 Å². The lowest BCUT2D eigenvalue weighted by Crippen LogP contribution is -2.22. The van der Waals surface area contributed by atoms with Crippen LogP contribution in [0.15, 0.2) is 73.1 Å². The molecule has 0 atom stereocenters. The number of benzene rings is 2. The van der Waals surface area contributed by atoms with E-state index in [4.69, 9.17) is 0 Å². The molecule has 180 valence electrons. The first-order chi connectivity index (χ1) is 16.4. The number of pyridine rings is 1. The summed E-state index contributed by atoms with van der Waals surface area (Å²) in [6.07, 6.45) is 3.34. The Bertz CT molecular complexity index is 1390. The number of nitrogens with zero attached hydrogens (tertiary/aromatic N) is 3. The van der Waals surface area contributed by atoms with Crippen molar-refractivity contribution in [2.45, 2.75) is 13.1 Å². The van der Waals surface area contributed by atoms with Crippen molar-refractivity contribution in [2.75, 3.05) is 5.32 Å². The zero-order valence-electron chi connectivity index (χ0n) is 17.6. The lowest BCUT2D eigenvalue weighted by atomic mass is 10.1. The minimum atomic E-state index is -5.08. The number of hydrogen-bond acceptors (Lipinski definition) is 8. The molecule has 0 saturated carbocycles. The molecule has 2 heterocycles. The highest BCUT2D eigenvalue weighted by atomic mass is 32.3. The predicted octanol–water partition coefficient (Wildman–Crippen LogP) is 3.74. The van der Waals surface area contributed by atoms with Gasteiger partial charge in [0.15, 0.2) is 5.82 Å². The number of carbonyl (C=O) groups is 1. The zero-order valence-corrected chi connectivity index (χ0v) is 18.4. The highest BCUT2D eigenvalue weighted by molar-refractivity contribution is 7.81. The van der Waals surface area contributed by atoms with E-state index in [0.29, 0.717) is 29.3 Å². The van der Waals surface area contributed by atoms with Crippen molar-refractivity contribution >= 4 is 22.1 Å². The summed E-state index contributed by atoms with van der Waals surface area (Å²) in [5, 5.41) is 13.0. The van der Waals surface area contributed by atoms with Crippen LogP contribution in [0.5, 0.6) is 5.75 Å². The average Bonchev–Trinajstić information content (AvgIpc) is 3.31. The molecule has 0 aliphatic rings. The van der Waals surface area contributed by atoms with E-state index in [1.165, 1.54) is 24.3 Å². The molecule has 0 unspecified atom stereocenters. The van der Waals surface area contributed by atoms with E-state index in [1.807, 2.05) is 18.2 Å². The first kappa shape index (κ1) is 22.9. The Morgan fingerprint density at radius 2 is 1.82 bits per heavy atom. The number of halogens is 1. The van der Waals surface area contributed by atoms with Gasteiger partial charge in [0.2, 0.25) is 0 Å². The van der Waals surface area contributed by atoms with E-state index in [0.717, 1.165) is 11.3 Å². The summed E-state index contributed by atoms with van der Waals surface area (Å²) < 4.78 is 37.7. The Labute approximate surface area is 199 Å². The van der Waals surface area contributed by atoms with Crippen LogP contribution in [0.25, 0.3) is 11.4 Å². The smallest absolute Gasteiger partial charge is 0.378 e. The maximum absolute atomic E-state index is 12.5. The van der Waals surface area contributed by atoms with E-state index in [1.54, 1.807) is 30.6 Å². The van der Waals surface area contributed by atoms with Crippen molar-refractivity contribution in [1.29, 1.82) is 0 Å². The molecule has 4 aromatic rings. The second kappa shape index (κ2) is 10.1. The van der Waals surface area contributed by atoms with Gasteiger partial charge >= 0.3 is 10.5 Å². The van der Waals surface area contributed by atoms with Crippen LogP contribution in [0.3, 0.4) is 0 Å². The van der Waals surface area contributed by atoms with Crippen LogP contribution in [0.2, 0.25) is 0 Å². The van der Waals surface area contributed by atoms with Crippen LogP contribution in [0, 0.1) is 0 Å². The number of nitrogens with one attached hydrogen (secondary N) is 3. The summed E-state index contributed by atoms with van der Waals surface area (Å²) in [6, 6.07) is 16.3. The molecule has 0 spiro atoms. The quantitative estimate of drug-likeness (QED) is 0.303. The highest BCUT2D eigenvalue weighted by Gasteiger charge is 2.10. The first-order valence-electron chi connectivity index (χ1n) is 10.0. The number of anilines is 1. The van der Waals surface area contributed by atoms with Crippen LogP contribution in [0.4, 0.5) is 9.57 Å². The molecule has 10 nitrogen and oxygen atoms in total. The Balaban J connectivity index is 0.00000228. The standard InChI is InChI=1S/C22H19FN6O4S.3H2/c23-34(31,32)33-19-6-4-15(5-7-19)13-26-22(30)17-2-1-3-18(12-17)25-14-20-27-21(29-28-20)16-8-10-24-11-9-16;;;/h1-12,25H,13-14H2,(H,26,30)(H,27,28,29);3*1H. The van der Waals surface area contributed by atoms with Gasteiger partial charge in [-0.05, 0) is 48.0 Å². The maximum Gasteiger partial charge on any atom is 0.488 e. The van der Waals surface area contributed by atoms with E-state index in [2.05, 4.69) is 35.0 Å². The predicted molar refractivity (Wildman–Crippen MR) is 128 cm³/mol. The number of carbonyl (C=O) groups excluding carboxylic acids is 1. The van der Waals surface area contributed by atoms with Crippen molar-refractivity contribution in [2.24, 2.45) is 0 Å². The minimum Gasteiger partial charge on any atom is -0.378 e. The number of hydrogen-bond donors (Lipinski definition) is 3. The molecule has 3 N–H and O–H groups in total. The molecule has 1 amide bonds. The van der Waals surface area contributed by atoms with Crippen molar-refractivity contribution in [3.05, 3.63) is 90.0 Å². The van der Waals surface area contributed by atoms with E-state index >= 15 is 0 Å². The summed E-state index contributed by atoms with van der Waals surface area (Å²) in [4.78, 5) is 20.9. The van der Waals surface area contributed by atoms with Gasteiger partial charge in [-0.25, -0.2) is 4.98 Å². The number of aromatic amines is 1. The van der Waals surface area contributed by atoms with Gasteiger partial charge in [-0.1, -0.05) is 22.1 Å². The Morgan fingerprint density at radius 3 is 2.56 bits per heavy atom. The third kappa shape index (κ3) is 6.36. The fourth-order valence-corrected chi connectivity index (χ4v) is 3.36. The monoisotopic (exact) mass is 488 g/mol. The summed E-state index contributed by atoms with van der Waals surface area (Å²) >= 11 is 0. The number of H-pyrrole nitrogens is 1. The molecule has 2 aromatic heterocycles. The first-order valence-corrected chi connectivity index (χ1v) is 11.3. The third-order valence-electron chi connectivity index (χ3n) is 4.63. The van der Waals surface area contributed by atoms with Crippen LogP contribution in [0.1, 0.15) is 26.0 Å². The molecule has 34 heavy (non-hydrogen) atoms. The second-order valence-corrected chi connectivity index (χ2v) is 8.03. The average molecular weight is 489 g/mol. The van der Waals surface area contributed by atoms with Crippen molar-refractivity contribution in [3.8, 4) is 17.1 Å². The topological polar surface area (TPSA) is 139 Å². The normalized spacial score (nSPS) is 11.1. The molecular weight excluding hydrogens is 463 g/mol. The maximum atomic E-state index is 12.5. The van der Waals surface area contributed by atoms with Crippen molar-refractivity contribution in [1.82, 2.24) is 25.5 Å². The molecule has 0 bridgehead atoms. The molecular formula is C22H25FN6O4S. The largest absolute Gasteiger partial charge is 0.488 e. The summed E-state index contributed by atoms with van der Waals surface area (Å²) in [7, 11) is -5.08. The van der Waals surface area contributed by atoms with Crippen molar-refractivity contribution < 1.29 is 25.6 Å². The molecule has 0 saturated heterocycles. The van der Waals surface area contributed by atoms with Gasteiger partial charge in [-0.15, -0.1) is 0 Å². The van der Waals surface area contributed by atoms with Gasteiger partial charge in [-0.2, -0.15) is 13.5 Å². The Hall–Kier alpha value is -4.32. The second-order valence-electron chi connectivity index (χ2n) is 7.08. The number of aromatic nitrogens is 4. The number of amides is 1. The molecule has 4 rings (SSSR count). The van der Waals surface area contributed by atoms with E-state index in [9.17, 15) is 17.1 Å². The molecule has 0 aliphatic heterocycles. The van der Waals surface area contributed by atoms with Gasteiger partial charge in [-0.3, -0.25) is 14.9 Å². The summed E-state index contributed by atoms with van der Waals surface area (Å²) in [5.41, 5.74) is 2.71. The Kier molecular flexibility index (Phi) is 6.78. The summed E-state index contributed by atoms with van der Waals surface area (Å²) in [6.45, 7) is 0.571. The summed E-state index contributed by atoms with van der Waals surface area (Å²) in [5.74, 6) is 0.749. The van der Waals surface area contributed by atoms with Gasteiger partial charge in [0, 0.05) is 40.0 Å².